The Bertz CT molecular complexity index is 1630. The van der Waals surface area contributed by atoms with Crippen LogP contribution in [0.25, 0.3) is 0 Å². The summed E-state index contributed by atoms with van der Waals surface area (Å²) in [5.74, 6) is -0.170. The zero-order valence-corrected chi connectivity index (χ0v) is 58.7. The van der Waals surface area contributed by atoms with Gasteiger partial charge in [0.25, 0.3) is 0 Å². The molecule has 0 rings (SSSR count). The zero-order valence-electron chi connectivity index (χ0n) is 57.8. The van der Waals surface area contributed by atoms with E-state index in [0.29, 0.717) is 17.4 Å². The average Bonchev–Trinajstić information content (AvgIpc) is 3.70. The molecule has 0 saturated heterocycles. The number of likely N-dealkylation sites (N-methyl/N-ethyl adjacent to an activating group) is 1. The monoisotopic (exact) mass is 1230 g/mol. The van der Waals surface area contributed by atoms with Gasteiger partial charge in [0.2, 0.25) is 5.91 Å². The van der Waals surface area contributed by atoms with Gasteiger partial charge >= 0.3 is 7.82 Å². The summed E-state index contributed by atoms with van der Waals surface area (Å²) in [6, 6.07) is -0.848. The molecule has 1 amide bonds. The molecule has 0 radical (unpaired) electrons. The molecule has 0 aromatic rings. The Morgan fingerprint density at radius 2 is 0.698 bits per heavy atom. The van der Waals surface area contributed by atoms with Gasteiger partial charge in [0.1, 0.15) is 13.2 Å². The van der Waals surface area contributed by atoms with Crippen LogP contribution in [-0.4, -0.2) is 73.4 Å². The van der Waals surface area contributed by atoms with Gasteiger partial charge < -0.3 is 19.8 Å². The standard InChI is InChI=1S/C77H145N2O6P/c1-6-8-10-12-14-16-18-20-22-24-26-28-30-31-32-33-34-35-36-37-38-39-40-41-42-43-44-45-46-47-49-51-53-55-57-59-61-63-65-67-69-71-77(81)78-75(74-85-86(82,83)84-73-72-79(3,4)5)76(80)70-68-66-64-62-60-58-56-54-52-50-48-29-27-25-23-21-19-17-15-13-11-9-7-2/h8,10,14,16,20,22,26,28,31-32,68,70,75-76,80H,6-7,9,11-13,15,17-19,21,23-25,27,29-30,33-67,69,71-74H2,1-5H3,(H-,78,81,82,83)/p+1/b10-8-,16-14-,22-20-,28-26-,32-31-,70-68+. The lowest BCUT2D eigenvalue weighted by atomic mass is 10.0. The first-order chi connectivity index (χ1) is 42.0. The third-order valence-corrected chi connectivity index (χ3v) is 17.9. The van der Waals surface area contributed by atoms with Gasteiger partial charge in [-0.15, -0.1) is 0 Å². The van der Waals surface area contributed by atoms with E-state index in [1.807, 2.05) is 27.2 Å². The van der Waals surface area contributed by atoms with E-state index in [2.05, 4.69) is 79.9 Å². The van der Waals surface area contributed by atoms with Gasteiger partial charge in [-0.25, -0.2) is 4.57 Å². The van der Waals surface area contributed by atoms with Crippen molar-refractivity contribution in [2.75, 3.05) is 40.9 Å². The van der Waals surface area contributed by atoms with Crippen LogP contribution in [0.5, 0.6) is 0 Å². The van der Waals surface area contributed by atoms with Gasteiger partial charge in [-0.3, -0.25) is 13.8 Å². The fourth-order valence-electron chi connectivity index (χ4n) is 11.2. The molecule has 3 N–H and O–H groups in total. The Balaban J connectivity index is 3.93. The number of carbonyl (C=O) groups is 1. The van der Waals surface area contributed by atoms with Crippen LogP contribution in [0.2, 0.25) is 0 Å². The predicted molar refractivity (Wildman–Crippen MR) is 378 cm³/mol. The number of rotatable bonds is 69. The summed E-state index contributed by atoms with van der Waals surface area (Å²) in [6.07, 6.45) is 95.0. The molecule has 0 aliphatic carbocycles. The van der Waals surface area contributed by atoms with E-state index < -0.39 is 20.0 Å². The fourth-order valence-corrected chi connectivity index (χ4v) is 11.9. The van der Waals surface area contributed by atoms with Gasteiger partial charge in [-0.2, -0.15) is 0 Å². The van der Waals surface area contributed by atoms with Gasteiger partial charge in [0.05, 0.1) is 39.9 Å². The number of nitrogens with one attached hydrogen (secondary N) is 1. The van der Waals surface area contributed by atoms with Gasteiger partial charge in [0.15, 0.2) is 0 Å². The molecule has 0 aromatic carbocycles. The summed E-state index contributed by atoms with van der Waals surface area (Å²) >= 11 is 0. The van der Waals surface area contributed by atoms with E-state index in [9.17, 15) is 19.4 Å². The topological polar surface area (TPSA) is 105 Å². The van der Waals surface area contributed by atoms with Crippen molar-refractivity contribution in [3.8, 4) is 0 Å². The van der Waals surface area contributed by atoms with Crippen LogP contribution < -0.4 is 5.32 Å². The number of aliphatic hydroxyl groups is 1. The lowest BCUT2D eigenvalue weighted by molar-refractivity contribution is -0.870. The highest BCUT2D eigenvalue weighted by Gasteiger charge is 2.28. The van der Waals surface area contributed by atoms with Crippen molar-refractivity contribution in [1.82, 2.24) is 5.32 Å². The lowest BCUT2D eigenvalue weighted by Gasteiger charge is -2.25. The minimum absolute atomic E-state index is 0.0627. The van der Waals surface area contributed by atoms with Crippen molar-refractivity contribution >= 4 is 13.7 Å². The number of phosphoric ester groups is 1. The van der Waals surface area contributed by atoms with Crippen LogP contribution in [-0.2, 0) is 18.4 Å². The molecule has 3 unspecified atom stereocenters. The molecule has 0 saturated carbocycles. The summed E-state index contributed by atoms with van der Waals surface area (Å²) in [6.45, 7) is 4.75. The van der Waals surface area contributed by atoms with E-state index in [1.165, 1.54) is 270 Å². The number of hydrogen-bond acceptors (Lipinski definition) is 5. The first kappa shape index (κ1) is 83.9. The first-order valence-electron chi connectivity index (χ1n) is 37.3. The number of carbonyl (C=O) groups excluding carboxylic acids is 1. The second-order valence-corrected chi connectivity index (χ2v) is 28.1. The molecule has 0 aliphatic rings. The Kier molecular flexibility index (Phi) is 65.7. The molecule has 9 heteroatoms. The fraction of sp³-hybridized carbons (Fsp3) is 0.831. The van der Waals surface area contributed by atoms with Crippen molar-refractivity contribution in [2.45, 2.75) is 373 Å². The molecule has 0 spiro atoms. The first-order valence-corrected chi connectivity index (χ1v) is 38.8. The molecule has 0 heterocycles. The largest absolute Gasteiger partial charge is 0.472 e. The van der Waals surface area contributed by atoms with Crippen LogP contribution >= 0.6 is 7.82 Å². The highest BCUT2D eigenvalue weighted by Crippen LogP contribution is 2.43. The molecular weight excluding hydrogens is 1080 g/mol. The number of amides is 1. The Morgan fingerprint density at radius 1 is 0.407 bits per heavy atom. The van der Waals surface area contributed by atoms with Gasteiger partial charge in [-0.1, -0.05) is 363 Å². The Morgan fingerprint density at radius 3 is 1.02 bits per heavy atom. The van der Waals surface area contributed by atoms with E-state index in [4.69, 9.17) is 9.05 Å². The summed E-state index contributed by atoms with van der Waals surface area (Å²) in [5.41, 5.74) is 0. The van der Waals surface area contributed by atoms with Crippen molar-refractivity contribution in [3.05, 3.63) is 72.9 Å². The molecule has 8 nitrogen and oxygen atoms in total. The van der Waals surface area contributed by atoms with Crippen LogP contribution in [0.4, 0.5) is 0 Å². The molecular formula is C77H146N2O6P+. The number of unbranched alkanes of at least 4 members (excludes halogenated alkanes) is 46. The maximum absolute atomic E-state index is 13.1. The second-order valence-electron chi connectivity index (χ2n) is 26.6. The maximum atomic E-state index is 13.1. The van der Waals surface area contributed by atoms with Gasteiger partial charge in [0, 0.05) is 6.42 Å². The molecule has 0 fully saturated rings. The van der Waals surface area contributed by atoms with E-state index >= 15 is 0 Å². The summed E-state index contributed by atoms with van der Waals surface area (Å²) in [7, 11) is 1.59. The third kappa shape index (κ3) is 69.4. The van der Waals surface area contributed by atoms with Crippen molar-refractivity contribution in [1.29, 1.82) is 0 Å². The lowest BCUT2D eigenvalue weighted by Crippen LogP contribution is -2.45. The molecule has 0 bridgehead atoms. The van der Waals surface area contributed by atoms with Crippen LogP contribution in [0, 0.1) is 0 Å². The SMILES string of the molecule is CC/C=C\C/C=C\C/C=C\C/C=C\C/C=C\CCCCCCCCCCCCCCCCCCCCCCCCCCCC(=O)NC(COP(=O)(O)OCC[N+](C)(C)C)C(O)/C=C/CCCCCCCCCCCCCCCCCCCCCCC. The highest BCUT2D eigenvalue weighted by atomic mass is 31.2. The average molecular weight is 1230 g/mol. The second kappa shape index (κ2) is 67.3. The summed E-state index contributed by atoms with van der Waals surface area (Å²) in [4.78, 5) is 23.4. The van der Waals surface area contributed by atoms with Crippen LogP contribution in [0.1, 0.15) is 361 Å². The smallest absolute Gasteiger partial charge is 0.387 e. The number of aliphatic hydroxyl groups excluding tert-OH is 1. The zero-order chi connectivity index (χ0) is 62.6. The molecule has 3 atom stereocenters. The predicted octanol–water partition coefficient (Wildman–Crippen LogP) is 24.1. The van der Waals surface area contributed by atoms with E-state index in [0.717, 1.165) is 70.6 Å². The number of allylic oxidation sites excluding steroid dienone is 11. The number of hydrogen-bond donors (Lipinski definition) is 3. The number of quaternary nitrogens is 1. The van der Waals surface area contributed by atoms with Crippen LogP contribution in [0.3, 0.4) is 0 Å². The highest BCUT2D eigenvalue weighted by molar-refractivity contribution is 7.47. The molecule has 86 heavy (non-hydrogen) atoms. The van der Waals surface area contributed by atoms with E-state index in [-0.39, 0.29) is 19.1 Å². The van der Waals surface area contributed by atoms with Crippen LogP contribution in [0.15, 0.2) is 72.9 Å². The molecule has 504 valence electrons. The minimum atomic E-state index is -4.35. The van der Waals surface area contributed by atoms with Crippen molar-refractivity contribution in [3.63, 3.8) is 0 Å². The van der Waals surface area contributed by atoms with E-state index in [1.54, 1.807) is 6.08 Å². The number of phosphoric acid groups is 1. The Hall–Kier alpha value is -2.06. The normalized spacial score (nSPS) is 14.0. The van der Waals surface area contributed by atoms with Gasteiger partial charge in [-0.05, 0) is 64.2 Å². The quantitative estimate of drug-likeness (QED) is 0.0243. The number of nitrogens with zero attached hydrogens (tertiary/aromatic N) is 1. The Labute approximate surface area is 535 Å². The molecule has 0 aliphatic heterocycles. The van der Waals surface area contributed by atoms with Crippen molar-refractivity contribution < 1.29 is 32.9 Å². The summed E-state index contributed by atoms with van der Waals surface area (Å²) in [5, 5.41) is 14.0. The minimum Gasteiger partial charge on any atom is -0.387 e. The molecule has 0 aromatic heterocycles. The summed E-state index contributed by atoms with van der Waals surface area (Å²) < 4.78 is 23.8. The third-order valence-electron chi connectivity index (χ3n) is 16.9. The maximum Gasteiger partial charge on any atom is 0.472 e. The van der Waals surface area contributed by atoms with Crippen molar-refractivity contribution in [2.24, 2.45) is 0 Å².